The number of hydrogen-bond acceptors (Lipinski definition) is 5. The van der Waals surface area contributed by atoms with Crippen LogP contribution in [0.2, 0.25) is 0 Å². The molecule has 8 heteroatoms. The first-order valence-electron chi connectivity index (χ1n) is 12.3. The Morgan fingerprint density at radius 1 is 1.06 bits per heavy atom. The molecule has 0 aliphatic rings. The van der Waals surface area contributed by atoms with E-state index < -0.39 is 0 Å². The molecule has 0 unspecified atom stereocenters. The molecule has 0 aliphatic heterocycles. The predicted octanol–water partition coefficient (Wildman–Crippen LogP) is 5.43. The SMILES string of the molecule is Cc1cc(C)c2[nH]c(=O)c(CN(Cc3ccc(F)cc3)[C@@H](c3nnnn3C(C)(C)C)C(C)C)cc2c1. The Bertz CT molecular complexity index is 1410. The molecule has 2 aromatic heterocycles. The second-order valence-electron chi connectivity index (χ2n) is 11.0. The Hall–Kier alpha value is -3.39. The van der Waals surface area contributed by atoms with Crippen LogP contribution in [0.5, 0.6) is 0 Å². The monoisotopic (exact) mass is 490 g/mol. The summed E-state index contributed by atoms with van der Waals surface area (Å²) < 4.78 is 15.5. The van der Waals surface area contributed by atoms with Crippen molar-refractivity contribution < 1.29 is 4.39 Å². The topological polar surface area (TPSA) is 79.7 Å². The highest BCUT2D eigenvalue weighted by Crippen LogP contribution is 2.32. The lowest BCUT2D eigenvalue weighted by atomic mass is 9.98. The molecule has 2 aromatic carbocycles. The number of hydrogen-bond donors (Lipinski definition) is 1. The van der Waals surface area contributed by atoms with Crippen LogP contribution in [0.1, 0.15) is 68.7 Å². The summed E-state index contributed by atoms with van der Waals surface area (Å²) in [6, 6.07) is 12.4. The number of aromatic amines is 1. The lowest BCUT2D eigenvalue weighted by molar-refractivity contribution is 0.119. The van der Waals surface area contributed by atoms with Gasteiger partial charge in [-0.3, -0.25) is 9.69 Å². The number of tetrazole rings is 1. The minimum Gasteiger partial charge on any atom is -0.321 e. The molecular weight excluding hydrogens is 455 g/mol. The highest BCUT2D eigenvalue weighted by Gasteiger charge is 2.33. The summed E-state index contributed by atoms with van der Waals surface area (Å²) in [6.07, 6.45) is 0. The molecule has 0 amide bonds. The van der Waals surface area contributed by atoms with E-state index in [0.29, 0.717) is 18.7 Å². The van der Waals surface area contributed by atoms with Gasteiger partial charge in [0.15, 0.2) is 5.82 Å². The van der Waals surface area contributed by atoms with E-state index in [1.807, 2.05) is 17.7 Å². The van der Waals surface area contributed by atoms with Crippen molar-refractivity contribution in [2.75, 3.05) is 0 Å². The summed E-state index contributed by atoms with van der Waals surface area (Å²) in [5.41, 5.74) is 4.22. The summed E-state index contributed by atoms with van der Waals surface area (Å²) in [5.74, 6) is 0.601. The standard InChI is InChI=1S/C28H35FN6O/c1-17(2)25(26-31-32-33-35(26)28(5,6)7)34(15-20-8-10-23(29)11-9-20)16-22-14-21-13-18(3)12-19(4)24(21)30-27(22)36/h8-14,17,25H,15-16H2,1-7H3,(H,30,36)/t25-/m1/s1. The highest BCUT2D eigenvalue weighted by atomic mass is 19.1. The number of aryl methyl sites for hydroxylation is 2. The van der Waals surface area contributed by atoms with E-state index >= 15 is 0 Å². The van der Waals surface area contributed by atoms with Crippen molar-refractivity contribution in [3.8, 4) is 0 Å². The summed E-state index contributed by atoms with van der Waals surface area (Å²) in [7, 11) is 0. The number of pyridine rings is 1. The van der Waals surface area contributed by atoms with Crippen LogP contribution in [0, 0.1) is 25.6 Å². The molecule has 0 fully saturated rings. The van der Waals surface area contributed by atoms with Crippen LogP contribution in [0.3, 0.4) is 0 Å². The van der Waals surface area contributed by atoms with Gasteiger partial charge in [0.25, 0.3) is 5.56 Å². The van der Waals surface area contributed by atoms with Crippen molar-refractivity contribution in [2.45, 2.75) is 73.1 Å². The van der Waals surface area contributed by atoms with Gasteiger partial charge in [0.1, 0.15) is 5.82 Å². The van der Waals surface area contributed by atoms with Crippen molar-refractivity contribution in [1.29, 1.82) is 0 Å². The molecule has 4 rings (SSSR count). The van der Waals surface area contributed by atoms with Gasteiger partial charge < -0.3 is 4.98 Å². The van der Waals surface area contributed by atoms with Gasteiger partial charge in [-0.25, -0.2) is 9.07 Å². The predicted molar refractivity (Wildman–Crippen MR) is 140 cm³/mol. The number of rotatable bonds is 7. The fourth-order valence-electron chi connectivity index (χ4n) is 4.88. The molecule has 190 valence electrons. The molecule has 0 saturated heterocycles. The third-order valence-electron chi connectivity index (χ3n) is 6.46. The van der Waals surface area contributed by atoms with E-state index in [1.54, 1.807) is 12.1 Å². The normalized spacial score (nSPS) is 13.2. The van der Waals surface area contributed by atoms with Crippen molar-refractivity contribution in [1.82, 2.24) is 30.1 Å². The third-order valence-corrected chi connectivity index (χ3v) is 6.46. The highest BCUT2D eigenvalue weighted by molar-refractivity contribution is 5.82. The van der Waals surface area contributed by atoms with Gasteiger partial charge in [0.2, 0.25) is 0 Å². The Kier molecular flexibility index (Phi) is 7.09. The van der Waals surface area contributed by atoms with Gasteiger partial charge >= 0.3 is 0 Å². The molecule has 7 nitrogen and oxygen atoms in total. The molecule has 4 aromatic rings. The van der Waals surface area contributed by atoms with Crippen LogP contribution < -0.4 is 5.56 Å². The fourth-order valence-corrected chi connectivity index (χ4v) is 4.88. The zero-order valence-corrected chi connectivity index (χ0v) is 22.1. The Morgan fingerprint density at radius 2 is 1.75 bits per heavy atom. The average Bonchev–Trinajstić information content (AvgIpc) is 3.26. The number of nitrogens with zero attached hydrogens (tertiary/aromatic N) is 5. The van der Waals surface area contributed by atoms with E-state index in [0.717, 1.165) is 33.4 Å². The molecular formula is C28H35FN6O. The fraction of sp³-hybridized carbons (Fsp3) is 0.429. The molecule has 0 aliphatic carbocycles. The van der Waals surface area contributed by atoms with Crippen LogP contribution in [0.25, 0.3) is 10.9 Å². The number of benzene rings is 2. The van der Waals surface area contributed by atoms with Crippen LogP contribution in [0.4, 0.5) is 4.39 Å². The van der Waals surface area contributed by atoms with Gasteiger partial charge in [-0.2, -0.15) is 0 Å². The van der Waals surface area contributed by atoms with E-state index in [-0.39, 0.29) is 28.9 Å². The first-order valence-corrected chi connectivity index (χ1v) is 12.3. The Balaban J connectivity index is 1.83. The minimum atomic E-state index is -0.316. The molecule has 0 saturated carbocycles. The number of fused-ring (bicyclic) bond motifs is 1. The zero-order chi connectivity index (χ0) is 26.2. The van der Waals surface area contributed by atoms with Crippen molar-refractivity contribution in [3.63, 3.8) is 0 Å². The Labute approximate surface area is 211 Å². The van der Waals surface area contributed by atoms with Crippen molar-refractivity contribution >= 4 is 10.9 Å². The second kappa shape index (κ2) is 9.93. The number of H-pyrrole nitrogens is 1. The van der Waals surface area contributed by atoms with E-state index in [9.17, 15) is 9.18 Å². The molecule has 0 radical (unpaired) electrons. The largest absolute Gasteiger partial charge is 0.321 e. The molecule has 36 heavy (non-hydrogen) atoms. The summed E-state index contributed by atoms with van der Waals surface area (Å²) in [5, 5.41) is 13.7. The van der Waals surface area contributed by atoms with Gasteiger partial charge in [0, 0.05) is 18.7 Å². The minimum absolute atomic E-state index is 0.114. The smallest absolute Gasteiger partial charge is 0.252 e. The van der Waals surface area contributed by atoms with E-state index in [4.69, 9.17) is 0 Å². The first kappa shape index (κ1) is 25.7. The number of nitrogens with one attached hydrogen (secondary N) is 1. The Morgan fingerprint density at radius 3 is 2.39 bits per heavy atom. The molecule has 1 atom stereocenters. The van der Waals surface area contributed by atoms with E-state index in [1.165, 1.54) is 12.1 Å². The third kappa shape index (κ3) is 5.38. The summed E-state index contributed by atoms with van der Waals surface area (Å²) in [6.45, 7) is 15.4. The average molecular weight is 491 g/mol. The van der Waals surface area contributed by atoms with Crippen LogP contribution in [-0.4, -0.2) is 30.1 Å². The van der Waals surface area contributed by atoms with Crippen LogP contribution in [0.15, 0.2) is 47.3 Å². The quantitative estimate of drug-likeness (QED) is 0.374. The zero-order valence-electron chi connectivity index (χ0n) is 22.1. The summed E-state index contributed by atoms with van der Waals surface area (Å²) in [4.78, 5) is 18.5. The van der Waals surface area contributed by atoms with Gasteiger partial charge in [-0.1, -0.05) is 37.6 Å². The lowest BCUT2D eigenvalue weighted by Crippen LogP contribution is -2.37. The van der Waals surface area contributed by atoms with Gasteiger partial charge in [-0.15, -0.1) is 5.10 Å². The van der Waals surface area contributed by atoms with Crippen LogP contribution in [-0.2, 0) is 18.6 Å². The van der Waals surface area contributed by atoms with Gasteiger partial charge in [-0.05, 0) is 91.7 Å². The van der Waals surface area contributed by atoms with Crippen molar-refractivity contribution in [3.05, 3.63) is 86.7 Å². The maximum atomic E-state index is 13.6. The number of halogens is 1. The van der Waals surface area contributed by atoms with E-state index in [2.05, 4.69) is 79.1 Å². The maximum Gasteiger partial charge on any atom is 0.252 e. The van der Waals surface area contributed by atoms with Gasteiger partial charge in [0.05, 0.1) is 17.1 Å². The molecule has 0 spiro atoms. The number of aromatic nitrogens is 5. The molecule has 0 bridgehead atoms. The summed E-state index contributed by atoms with van der Waals surface area (Å²) >= 11 is 0. The lowest BCUT2D eigenvalue weighted by Gasteiger charge is -2.35. The van der Waals surface area contributed by atoms with Crippen molar-refractivity contribution in [2.24, 2.45) is 5.92 Å². The maximum absolute atomic E-state index is 13.6. The van der Waals surface area contributed by atoms with Crippen LogP contribution >= 0.6 is 0 Å². The second-order valence-corrected chi connectivity index (χ2v) is 11.0. The molecule has 2 heterocycles. The first-order chi connectivity index (χ1) is 16.9. The molecule has 1 N–H and O–H groups in total.